The van der Waals surface area contributed by atoms with E-state index in [1.807, 2.05) is 24.3 Å². The smallest absolute Gasteiger partial charge is 0.0918 e. The molecule has 0 heterocycles. The van der Waals surface area contributed by atoms with Gasteiger partial charge in [-0.15, -0.1) is 0 Å². The molecule has 0 aromatic heterocycles. The van der Waals surface area contributed by atoms with E-state index in [1.165, 1.54) is 0 Å². The summed E-state index contributed by atoms with van der Waals surface area (Å²) in [7, 11) is 0. The quantitative estimate of drug-likeness (QED) is 0.759. The molecule has 1 unspecified atom stereocenters. The van der Waals surface area contributed by atoms with E-state index in [0.29, 0.717) is 5.02 Å². The number of fused-ring (bicyclic) bond motifs is 3. The Hall–Kier alpha value is -1.06. The number of nitrogens with two attached hydrogens (primary N) is 1. The fourth-order valence-corrected chi connectivity index (χ4v) is 3.15. The summed E-state index contributed by atoms with van der Waals surface area (Å²) in [6, 6.07) is 9.55. The van der Waals surface area contributed by atoms with Crippen molar-refractivity contribution in [2.45, 2.75) is 12.5 Å². The highest BCUT2D eigenvalue weighted by Crippen LogP contribution is 2.43. The normalized spacial score (nSPS) is 14.1. The van der Waals surface area contributed by atoms with E-state index < -0.39 is 6.10 Å². The van der Waals surface area contributed by atoms with Crippen molar-refractivity contribution in [2.24, 2.45) is 5.73 Å². The van der Waals surface area contributed by atoms with Crippen LogP contribution in [-0.2, 0) is 6.42 Å². The third kappa shape index (κ3) is 2.15. The fourth-order valence-electron chi connectivity index (χ4n) is 2.70. The molecule has 0 aliphatic heterocycles. The maximum absolute atomic E-state index is 10.1. The van der Waals surface area contributed by atoms with Gasteiger partial charge in [0, 0.05) is 16.6 Å². The Morgan fingerprint density at radius 3 is 2.58 bits per heavy atom. The van der Waals surface area contributed by atoms with Crippen LogP contribution >= 0.6 is 23.2 Å². The molecule has 3 rings (SSSR count). The maximum Gasteiger partial charge on any atom is 0.0918 e. The van der Waals surface area contributed by atoms with Crippen LogP contribution in [0.15, 0.2) is 30.3 Å². The molecule has 2 nitrogen and oxygen atoms in total. The van der Waals surface area contributed by atoms with E-state index in [1.54, 1.807) is 6.07 Å². The summed E-state index contributed by atoms with van der Waals surface area (Å²) in [5.41, 5.74) is 10.8. The second kappa shape index (κ2) is 4.80. The van der Waals surface area contributed by atoms with Gasteiger partial charge in [0.15, 0.2) is 0 Å². The predicted molar refractivity (Wildman–Crippen MR) is 78.7 cm³/mol. The van der Waals surface area contributed by atoms with Crippen molar-refractivity contribution in [1.82, 2.24) is 0 Å². The molecule has 0 saturated heterocycles. The molecule has 0 saturated carbocycles. The molecule has 0 fully saturated rings. The van der Waals surface area contributed by atoms with Crippen LogP contribution in [0.3, 0.4) is 0 Å². The van der Waals surface area contributed by atoms with Crippen LogP contribution in [0, 0.1) is 0 Å². The second-order valence-corrected chi connectivity index (χ2v) is 5.63. The highest BCUT2D eigenvalue weighted by molar-refractivity contribution is 6.31. The molecule has 1 aliphatic carbocycles. The van der Waals surface area contributed by atoms with Gasteiger partial charge < -0.3 is 10.8 Å². The third-order valence-electron chi connectivity index (χ3n) is 3.52. The lowest BCUT2D eigenvalue weighted by molar-refractivity contribution is 0.187. The lowest BCUT2D eigenvalue weighted by atomic mass is 9.96. The minimum absolute atomic E-state index is 0.176. The van der Waals surface area contributed by atoms with Crippen molar-refractivity contribution in [1.29, 1.82) is 0 Å². The van der Waals surface area contributed by atoms with Gasteiger partial charge in [0.05, 0.1) is 6.10 Å². The molecule has 0 bridgehead atoms. The van der Waals surface area contributed by atoms with Crippen molar-refractivity contribution >= 4 is 23.2 Å². The first kappa shape index (κ1) is 12.9. The minimum Gasteiger partial charge on any atom is -0.387 e. The van der Waals surface area contributed by atoms with Crippen molar-refractivity contribution < 1.29 is 5.11 Å². The van der Waals surface area contributed by atoms with Crippen LogP contribution in [-0.4, -0.2) is 11.7 Å². The monoisotopic (exact) mass is 293 g/mol. The fraction of sp³-hybridized carbons (Fsp3) is 0.200. The largest absolute Gasteiger partial charge is 0.387 e. The van der Waals surface area contributed by atoms with Crippen LogP contribution in [0.4, 0.5) is 0 Å². The molecular weight excluding hydrogens is 281 g/mol. The Balaban J connectivity index is 2.24. The van der Waals surface area contributed by atoms with Gasteiger partial charge in [-0.25, -0.2) is 0 Å². The summed E-state index contributed by atoms with van der Waals surface area (Å²) < 4.78 is 0. The topological polar surface area (TPSA) is 46.2 Å². The van der Waals surface area contributed by atoms with Gasteiger partial charge in [0.25, 0.3) is 0 Å². The average Bonchev–Trinajstić information content (AvgIpc) is 2.73. The number of aliphatic hydroxyl groups is 1. The van der Waals surface area contributed by atoms with Crippen molar-refractivity contribution in [3.05, 3.63) is 57.1 Å². The van der Waals surface area contributed by atoms with E-state index >= 15 is 0 Å². The Kier molecular flexibility index (Phi) is 3.27. The van der Waals surface area contributed by atoms with Gasteiger partial charge in [0.1, 0.15) is 0 Å². The molecule has 4 heteroatoms. The molecular formula is C15H13Cl2NO. The van der Waals surface area contributed by atoms with E-state index in [0.717, 1.165) is 39.3 Å². The number of halogens is 2. The van der Waals surface area contributed by atoms with Gasteiger partial charge in [-0.1, -0.05) is 29.3 Å². The highest BCUT2D eigenvalue weighted by Gasteiger charge is 2.24. The molecule has 19 heavy (non-hydrogen) atoms. The molecule has 2 aromatic rings. The molecule has 0 radical (unpaired) electrons. The summed E-state index contributed by atoms with van der Waals surface area (Å²) in [5, 5.41) is 11.4. The third-order valence-corrected chi connectivity index (χ3v) is 3.97. The van der Waals surface area contributed by atoms with E-state index in [9.17, 15) is 5.11 Å². The molecule has 3 N–H and O–H groups in total. The predicted octanol–water partition coefficient (Wildman–Crippen LogP) is 3.56. The Morgan fingerprint density at radius 1 is 1.11 bits per heavy atom. The highest BCUT2D eigenvalue weighted by atomic mass is 35.5. The Bertz CT molecular complexity index is 655. The minimum atomic E-state index is -0.700. The van der Waals surface area contributed by atoms with Gasteiger partial charge in [-0.3, -0.25) is 0 Å². The van der Waals surface area contributed by atoms with Crippen LogP contribution in [0.25, 0.3) is 11.1 Å². The number of hydrogen-bond donors (Lipinski definition) is 2. The molecule has 0 amide bonds. The van der Waals surface area contributed by atoms with E-state index in [2.05, 4.69) is 0 Å². The Labute approximate surface area is 121 Å². The van der Waals surface area contributed by atoms with Gasteiger partial charge in [0.2, 0.25) is 0 Å². The van der Waals surface area contributed by atoms with E-state index in [4.69, 9.17) is 28.9 Å². The zero-order chi connectivity index (χ0) is 13.6. The van der Waals surface area contributed by atoms with Crippen LogP contribution < -0.4 is 5.73 Å². The molecule has 1 aliphatic rings. The summed E-state index contributed by atoms with van der Waals surface area (Å²) >= 11 is 12.2. The first-order chi connectivity index (χ1) is 9.10. The van der Waals surface area contributed by atoms with Crippen molar-refractivity contribution in [3.8, 4) is 11.1 Å². The molecule has 2 aromatic carbocycles. The zero-order valence-corrected chi connectivity index (χ0v) is 11.7. The van der Waals surface area contributed by atoms with Crippen LogP contribution in [0.1, 0.15) is 22.8 Å². The number of hydrogen-bond acceptors (Lipinski definition) is 2. The summed E-state index contributed by atoms with van der Waals surface area (Å²) in [6.45, 7) is 0.176. The number of aliphatic hydroxyl groups excluding tert-OH is 1. The number of rotatable bonds is 2. The Morgan fingerprint density at radius 2 is 1.84 bits per heavy atom. The molecule has 1 atom stereocenters. The summed E-state index contributed by atoms with van der Waals surface area (Å²) in [4.78, 5) is 0. The average molecular weight is 294 g/mol. The van der Waals surface area contributed by atoms with Crippen LogP contribution in [0.5, 0.6) is 0 Å². The zero-order valence-electron chi connectivity index (χ0n) is 10.2. The van der Waals surface area contributed by atoms with Gasteiger partial charge in [-0.2, -0.15) is 0 Å². The maximum atomic E-state index is 10.1. The van der Waals surface area contributed by atoms with Gasteiger partial charge in [-0.05, 0) is 58.5 Å². The van der Waals surface area contributed by atoms with Crippen LogP contribution in [0.2, 0.25) is 10.0 Å². The van der Waals surface area contributed by atoms with E-state index in [-0.39, 0.29) is 6.54 Å². The van der Waals surface area contributed by atoms with Crippen molar-refractivity contribution in [2.75, 3.05) is 6.54 Å². The first-order valence-corrected chi connectivity index (χ1v) is 6.85. The second-order valence-electron chi connectivity index (χ2n) is 4.76. The standard InChI is InChI=1S/C15H13Cl2NO/c16-10-1-2-12-8(4-10)3-9-5-11(17)6-13(15(9)12)14(19)7-18/h1-2,4-6,14,19H,3,7,18H2. The lowest BCUT2D eigenvalue weighted by Gasteiger charge is -2.15. The summed E-state index contributed by atoms with van der Waals surface area (Å²) in [5.74, 6) is 0. The lowest BCUT2D eigenvalue weighted by Crippen LogP contribution is -2.12. The summed E-state index contributed by atoms with van der Waals surface area (Å²) in [6.07, 6.45) is 0.0878. The number of benzene rings is 2. The first-order valence-electron chi connectivity index (χ1n) is 6.09. The van der Waals surface area contributed by atoms with Gasteiger partial charge >= 0.3 is 0 Å². The molecule has 98 valence electrons. The SMILES string of the molecule is NCC(O)c1cc(Cl)cc2c1-c1ccc(Cl)cc1C2. The van der Waals surface area contributed by atoms with Crippen molar-refractivity contribution in [3.63, 3.8) is 0 Å². The molecule has 0 spiro atoms.